The van der Waals surface area contributed by atoms with Gasteiger partial charge < -0.3 is 4.84 Å². The summed E-state index contributed by atoms with van der Waals surface area (Å²) in [5.41, 5.74) is 4.37. The van der Waals surface area contributed by atoms with E-state index >= 15 is 0 Å². The summed E-state index contributed by atoms with van der Waals surface area (Å²) in [5.74, 6) is 1.36. The van der Waals surface area contributed by atoms with Gasteiger partial charge in [0, 0.05) is 6.04 Å². The molecule has 1 aliphatic heterocycles. The van der Waals surface area contributed by atoms with Crippen LogP contribution in [-0.4, -0.2) is 12.6 Å². The molecule has 0 radical (unpaired) electrons. The average molecular weight is 235 g/mol. The van der Waals surface area contributed by atoms with E-state index < -0.39 is 0 Å². The molecule has 2 heteroatoms. The Kier molecular flexibility index (Phi) is 6.23. The molecule has 1 fully saturated rings. The smallest absolute Gasteiger partial charge is 0.0698 e. The molecule has 0 aromatic heterocycles. The Bertz CT molecular complexity index is 289. The first-order valence-corrected chi connectivity index (χ1v) is 6.53. The number of hydrogen-bond donors (Lipinski definition) is 1. The maximum Gasteiger partial charge on any atom is 0.0698 e. The van der Waals surface area contributed by atoms with Crippen LogP contribution in [0.5, 0.6) is 0 Å². The van der Waals surface area contributed by atoms with Crippen molar-refractivity contribution in [1.82, 2.24) is 5.48 Å². The molecule has 0 aliphatic carbocycles. The molecule has 1 heterocycles. The van der Waals surface area contributed by atoms with Crippen molar-refractivity contribution in [3.8, 4) is 0 Å². The molecule has 1 saturated heterocycles. The van der Waals surface area contributed by atoms with Gasteiger partial charge in [-0.15, -0.1) is 0 Å². The third kappa shape index (κ3) is 5.33. The molecular weight excluding hydrogens is 210 g/mol. The number of hydrogen-bond acceptors (Lipinski definition) is 2. The van der Waals surface area contributed by atoms with E-state index in [2.05, 4.69) is 57.4 Å². The molecule has 0 spiro atoms. The van der Waals surface area contributed by atoms with E-state index in [-0.39, 0.29) is 0 Å². The van der Waals surface area contributed by atoms with Gasteiger partial charge in [-0.3, -0.25) is 0 Å². The first-order valence-electron chi connectivity index (χ1n) is 6.53. The van der Waals surface area contributed by atoms with Crippen LogP contribution >= 0.6 is 0 Å². The topological polar surface area (TPSA) is 21.3 Å². The lowest BCUT2D eigenvalue weighted by Gasteiger charge is -2.10. The number of benzene rings is 1. The molecule has 1 aliphatic rings. The van der Waals surface area contributed by atoms with Crippen molar-refractivity contribution in [2.75, 3.05) is 6.61 Å². The van der Waals surface area contributed by atoms with E-state index in [4.69, 9.17) is 4.84 Å². The summed E-state index contributed by atoms with van der Waals surface area (Å²) in [5, 5.41) is 0. The highest BCUT2D eigenvalue weighted by Gasteiger charge is 2.17. The molecule has 17 heavy (non-hydrogen) atoms. The molecule has 96 valence electrons. The highest BCUT2D eigenvalue weighted by molar-refractivity contribution is 5.17. The lowest BCUT2D eigenvalue weighted by Crippen LogP contribution is -2.25. The van der Waals surface area contributed by atoms with Gasteiger partial charge in [-0.05, 0) is 23.8 Å². The van der Waals surface area contributed by atoms with Gasteiger partial charge in [0.05, 0.1) is 6.61 Å². The number of rotatable bonds is 2. The minimum Gasteiger partial charge on any atom is -0.301 e. The lowest BCUT2D eigenvalue weighted by atomic mass is 10.0. The van der Waals surface area contributed by atoms with Crippen molar-refractivity contribution in [2.45, 2.75) is 46.1 Å². The first kappa shape index (κ1) is 14.2. The summed E-state index contributed by atoms with van der Waals surface area (Å²) in [6.45, 7) is 9.69. The Balaban J connectivity index is 0.000000171. The normalized spacial score (nSPS) is 19.3. The van der Waals surface area contributed by atoms with Crippen LogP contribution in [0.1, 0.15) is 45.6 Å². The second kappa shape index (κ2) is 7.46. The highest BCUT2D eigenvalue weighted by Crippen LogP contribution is 2.11. The van der Waals surface area contributed by atoms with Crippen LogP contribution in [0, 0.1) is 5.92 Å². The zero-order valence-corrected chi connectivity index (χ0v) is 11.4. The fourth-order valence-corrected chi connectivity index (χ4v) is 1.72. The van der Waals surface area contributed by atoms with E-state index in [1.54, 1.807) is 0 Å². The van der Waals surface area contributed by atoms with E-state index in [9.17, 15) is 0 Å². The molecule has 1 N–H and O–H groups in total. The average Bonchev–Trinajstić information content (AvgIpc) is 2.84. The van der Waals surface area contributed by atoms with Crippen LogP contribution in [0.25, 0.3) is 0 Å². The maximum absolute atomic E-state index is 4.97. The third-order valence-electron chi connectivity index (χ3n) is 3.04. The van der Waals surface area contributed by atoms with Crippen LogP contribution in [0.2, 0.25) is 0 Å². The van der Waals surface area contributed by atoms with Gasteiger partial charge in [0.1, 0.15) is 0 Å². The molecule has 1 aromatic rings. The van der Waals surface area contributed by atoms with Crippen molar-refractivity contribution in [3.63, 3.8) is 0 Å². The molecule has 1 atom stereocenters. The minimum absolute atomic E-state index is 0.593. The molecule has 0 saturated carbocycles. The standard InChI is InChI=1S/C9H12.C6H13NO/c1-8(2)9-6-4-3-5-7-9;1-5(2)6-3-4-8-7-6/h3-8H,1-2H3;5-7H,3-4H2,1-2H3. The fraction of sp³-hybridized carbons (Fsp3) is 0.600. The lowest BCUT2D eigenvalue weighted by molar-refractivity contribution is 0.0807. The Morgan fingerprint density at radius 2 is 1.76 bits per heavy atom. The van der Waals surface area contributed by atoms with Gasteiger partial charge >= 0.3 is 0 Å². The predicted octanol–water partition coefficient (Wildman–Crippen LogP) is 3.75. The minimum atomic E-state index is 0.593. The Labute approximate surface area is 105 Å². The van der Waals surface area contributed by atoms with Crippen molar-refractivity contribution in [3.05, 3.63) is 35.9 Å². The van der Waals surface area contributed by atoms with E-state index in [0.717, 1.165) is 13.0 Å². The van der Waals surface area contributed by atoms with E-state index in [0.29, 0.717) is 17.9 Å². The molecule has 2 rings (SSSR count). The van der Waals surface area contributed by atoms with Gasteiger partial charge in [-0.2, -0.15) is 5.48 Å². The molecule has 1 unspecified atom stereocenters. The van der Waals surface area contributed by atoms with Gasteiger partial charge in [-0.25, -0.2) is 0 Å². The second-order valence-corrected chi connectivity index (χ2v) is 5.17. The SMILES string of the molecule is CC(C)C1CCON1.CC(C)c1ccccc1. The Morgan fingerprint density at radius 1 is 1.12 bits per heavy atom. The number of nitrogens with one attached hydrogen (secondary N) is 1. The third-order valence-corrected chi connectivity index (χ3v) is 3.04. The van der Waals surface area contributed by atoms with Crippen molar-refractivity contribution in [2.24, 2.45) is 5.92 Å². The van der Waals surface area contributed by atoms with Gasteiger partial charge in [0.2, 0.25) is 0 Å². The molecule has 0 bridgehead atoms. The summed E-state index contributed by atoms with van der Waals surface area (Å²) in [6.07, 6.45) is 1.16. The Morgan fingerprint density at radius 3 is 2.06 bits per heavy atom. The van der Waals surface area contributed by atoms with Crippen LogP contribution in [0.4, 0.5) is 0 Å². The molecular formula is C15H25NO. The molecule has 1 aromatic carbocycles. The van der Waals surface area contributed by atoms with E-state index in [1.165, 1.54) is 5.56 Å². The Hall–Kier alpha value is -0.860. The van der Waals surface area contributed by atoms with E-state index in [1.807, 2.05) is 6.07 Å². The largest absolute Gasteiger partial charge is 0.301 e. The predicted molar refractivity (Wildman–Crippen MR) is 72.9 cm³/mol. The summed E-state index contributed by atoms with van der Waals surface area (Å²) < 4.78 is 0. The summed E-state index contributed by atoms with van der Waals surface area (Å²) in [7, 11) is 0. The van der Waals surface area contributed by atoms with Crippen LogP contribution in [-0.2, 0) is 4.84 Å². The quantitative estimate of drug-likeness (QED) is 0.843. The zero-order chi connectivity index (χ0) is 12.7. The van der Waals surface area contributed by atoms with Crippen LogP contribution < -0.4 is 5.48 Å². The van der Waals surface area contributed by atoms with Gasteiger partial charge in [-0.1, -0.05) is 58.0 Å². The number of hydroxylamine groups is 1. The highest BCUT2D eigenvalue weighted by atomic mass is 16.7. The maximum atomic E-state index is 4.97. The van der Waals surface area contributed by atoms with Gasteiger partial charge in [0.25, 0.3) is 0 Å². The van der Waals surface area contributed by atoms with Crippen LogP contribution in [0.15, 0.2) is 30.3 Å². The van der Waals surface area contributed by atoms with Gasteiger partial charge in [0.15, 0.2) is 0 Å². The summed E-state index contributed by atoms with van der Waals surface area (Å²) in [4.78, 5) is 4.97. The second-order valence-electron chi connectivity index (χ2n) is 5.17. The fourth-order valence-electron chi connectivity index (χ4n) is 1.72. The monoisotopic (exact) mass is 235 g/mol. The van der Waals surface area contributed by atoms with Crippen LogP contribution in [0.3, 0.4) is 0 Å². The van der Waals surface area contributed by atoms with Crippen molar-refractivity contribution < 1.29 is 4.84 Å². The first-order chi connectivity index (χ1) is 8.11. The molecule has 2 nitrogen and oxygen atoms in total. The zero-order valence-electron chi connectivity index (χ0n) is 11.4. The summed E-state index contributed by atoms with van der Waals surface area (Å²) >= 11 is 0. The van der Waals surface area contributed by atoms with Crippen molar-refractivity contribution >= 4 is 0 Å². The van der Waals surface area contributed by atoms with Crippen molar-refractivity contribution in [1.29, 1.82) is 0 Å². The molecule has 0 amide bonds. The summed E-state index contributed by atoms with van der Waals surface area (Å²) in [6, 6.07) is 11.1.